The van der Waals surface area contributed by atoms with Crippen LogP contribution in [0.2, 0.25) is 0 Å². The van der Waals surface area contributed by atoms with Crippen LogP contribution >= 0.6 is 0 Å². The molecular formula is C15H30N2O2. The Morgan fingerprint density at radius 1 is 1.42 bits per heavy atom. The van der Waals surface area contributed by atoms with E-state index in [1.807, 2.05) is 6.92 Å². The van der Waals surface area contributed by atoms with Gasteiger partial charge < -0.3 is 15.8 Å². The summed E-state index contributed by atoms with van der Waals surface area (Å²) < 4.78 is 5.77. The Hall–Kier alpha value is -0.610. The smallest absolute Gasteiger partial charge is 0.237 e. The number of amides is 1. The van der Waals surface area contributed by atoms with Gasteiger partial charge in [-0.2, -0.15) is 0 Å². The van der Waals surface area contributed by atoms with Gasteiger partial charge in [0.2, 0.25) is 5.91 Å². The lowest BCUT2D eigenvalue weighted by atomic mass is 9.95. The maximum atomic E-state index is 11.6. The van der Waals surface area contributed by atoms with E-state index in [0.717, 1.165) is 32.1 Å². The van der Waals surface area contributed by atoms with E-state index in [4.69, 9.17) is 10.5 Å². The van der Waals surface area contributed by atoms with Gasteiger partial charge in [0.25, 0.3) is 0 Å². The molecular weight excluding hydrogens is 240 g/mol. The van der Waals surface area contributed by atoms with Gasteiger partial charge in [0, 0.05) is 12.6 Å². The Kier molecular flexibility index (Phi) is 6.27. The first kappa shape index (κ1) is 16.4. The lowest BCUT2D eigenvalue weighted by Gasteiger charge is -2.28. The van der Waals surface area contributed by atoms with E-state index in [-0.39, 0.29) is 12.0 Å². The molecule has 2 atom stereocenters. The number of rotatable bonds is 10. The Labute approximate surface area is 117 Å². The summed E-state index contributed by atoms with van der Waals surface area (Å²) in [5, 5.41) is 3.36. The second-order valence-electron chi connectivity index (χ2n) is 6.53. The molecule has 112 valence electrons. The Morgan fingerprint density at radius 2 is 2.05 bits per heavy atom. The zero-order valence-corrected chi connectivity index (χ0v) is 12.9. The number of hydrogen-bond donors (Lipinski definition) is 2. The number of primary amides is 1. The van der Waals surface area contributed by atoms with Crippen molar-refractivity contribution in [1.29, 1.82) is 0 Å². The minimum Gasteiger partial charge on any atom is -0.378 e. The summed E-state index contributed by atoms with van der Waals surface area (Å²) in [6.07, 6.45) is 5.29. The zero-order valence-electron chi connectivity index (χ0n) is 12.9. The standard InChI is InChI=1S/C15H30N2O2/c1-11(2)10-12(3)19-9-5-8-15(4,14(16)18)17-13-6-7-13/h11-13,17H,5-10H2,1-4H3,(H2,16,18). The monoisotopic (exact) mass is 270 g/mol. The van der Waals surface area contributed by atoms with Crippen LogP contribution in [0.25, 0.3) is 0 Å². The molecule has 1 aliphatic rings. The molecule has 1 amide bonds. The molecule has 0 bridgehead atoms. The topological polar surface area (TPSA) is 64.3 Å². The van der Waals surface area contributed by atoms with Crippen molar-refractivity contribution in [3.63, 3.8) is 0 Å². The first-order valence-corrected chi connectivity index (χ1v) is 7.52. The van der Waals surface area contributed by atoms with Gasteiger partial charge in [0.1, 0.15) is 0 Å². The van der Waals surface area contributed by atoms with Crippen LogP contribution in [0.3, 0.4) is 0 Å². The molecule has 0 radical (unpaired) electrons. The molecule has 4 nitrogen and oxygen atoms in total. The predicted octanol–water partition coefficient (Wildman–Crippen LogP) is 2.21. The first-order valence-electron chi connectivity index (χ1n) is 7.52. The second kappa shape index (κ2) is 7.25. The van der Waals surface area contributed by atoms with Gasteiger partial charge in [-0.25, -0.2) is 0 Å². The number of ether oxygens (including phenoxy) is 1. The van der Waals surface area contributed by atoms with E-state index >= 15 is 0 Å². The average molecular weight is 270 g/mol. The van der Waals surface area contributed by atoms with Gasteiger partial charge in [-0.1, -0.05) is 13.8 Å². The maximum Gasteiger partial charge on any atom is 0.237 e. The van der Waals surface area contributed by atoms with E-state index < -0.39 is 5.54 Å². The van der Waals surface area contributed by atoms with Crippen molar-refractivity contribution < 1.29 is 9.53 Å². The van der Waals surface area contributed by atoms with Gasteiger partial charge in [-0.05, 0) is 51.9 Å². The third-order valence-corrected chi connectivity index (χ3v) is 3.67. The van der Waals surface area contributed by atoms with Crippen LogP contribution in [0.15, 0.2) is 0 Å². The summed E-state index contributed by atoms with van der Waals surface area (Å²) in [5.41, 5.74) is 4.94. The fourth-order valence-electron chi connectivity index (χ4n) is 2.39. The third kappa shape index (κ3) is 6.39. The van der Waals surface area contributed by atoms with Crippen molar-refractivity contribution in [2.24, 2.45) is 11.7 Å². The molecule has 0 aliphatic heterocycles. The van der Waals surface area contributed by atoms with Crippen LogP contribution in [0.4, 0.5) is 0 Å². The Bertz CT molecular complexity index is 290. The van der Waals surface area contributed by atoms with Crippen LogP contribution in [-0.2, 0) is 9.53 Å². The van der Waals surface area contributed by atoms with Gasteiger partial charge in [0.05, 0.1) is 11.6 Å². The number of nitrogens with two attached hydrogens (primary N) is 1. The molecule has 4 heteroatoms. The van der Waals surface area contributed by atoms with Crippen molar-refractivity contribution in [3.8, 4) is 0 Å². The van der Waals surface area contributed by atoms with Crippen LogP contribution < -0.4 is 11.1 Å². The normalized spacial score (nSPS) is 20.3. The highest BCUT2D eigenvalue weighted by atomic mass is 16.5. The molecule has 0 heterocycles. The summed E-state index contributed by atoms with van der Waals surface area (Å²) in [5.74, 6) is 0.400. The van der Waals surface area contributed by atoms with Crippen molar-refractivity contribution in [1.82, 2.24) is 5.32 Å². The highest BCUT2D eigenvalue weighted by molar-refractivity contribution is 5.84. The number of carbonyl (C=O) groups excluding carboxylic acids is 1. The lowest BCUT2D eigenvalue weighted by Crippen LogP contribution is -2.54. The highest BCUT2D eigenvalue weighted by Crippen LogP contribution is 2.24. The molecule has 3 N–H and O–H groups in total. The van der Waals surface area contributed by atoms with E-state index in [2.05, 4.69) is 26.1 Å². The molecule has 0 aromatic rings. The molecule has 1 rings (SSSR count). The molecule has 0 saturated heterocycles. The molecule has 1 aliphatic carbocycles. The van der Waals surface area contributed by atoms with Crippen molar-refractivity contribution in [2.75, 3.05) is 6.61 Å². The number of hydrogen-bond acceptors (Lipinski definition) is 3. The fourth-order valence-corrected chi connectivity index (χ4v) is 2.39. The quantitative estimate of drug-likeness (QED) is 0.598. The Balaban J connectivity index is 2.22. The summed E-state index contributed by atoms with van der Waals surface area (Å²) in [6.45, 7) is 9.11. The predicted molar refractivity (Wildman–Crippen MR) is 77.9 cm³/mol. The van der Waals surface area contributed by atoms with Crippen molar-refractivity contribution >= 4 is 5.91 Å². The molecule has 19 heavy (non-hydrogen) atoms. The van der Waals surface area contributed by atoms with Crippen LogP contribution in [0.1, 0.15) is 59.8 Å². The van der Waals surface area contributed by atoms with Crippen LogP contribution in [0, 0.1) is 5.92 Å². The van der Waals surface area contributed by atoms with E-state index in [0.29, 0.717) is 18.6 Å². The molecule has 0 aromatic heterocycles. The molecule has 1 saturated carbocycles. The van der Waals surface area contributed by atoms with Gasteiger partial charge in [-0.15, -0.1) is 0 Å². The summed E-state index contributed by atoms with van der Waals surface area (Å²) in [6, 6.07) is 0.485. The second-order valence-corrected chi connectivity index (χ2v) is 6.53. The third-order valence-electron chi connectivity index (χ3n) is 3.67. The SMILES string of the molecule is CC(C)CC(C)OCCCC(C)(NC1CC1)C(N)=O. The lowest BCUT2D eigenvalue weighted by molar-refractivity contribution is -0.124. The van der Waals surface area contributed by atoms with E-state index in [1.165, 1.54) is 0 Å². The molecule has 2 unspecified atom stereocenters. The number of carbonyl (C=O) groups is 1. The minimum atomic E-state index is -0.578. The minimum absolute atomic E-state index is 0.255. The Morgan fingerprint density at radius 3 is 2.53 bits per heavy atom. The van der Waals surface area contributed by atoms with Gasteiger partial charge in [-0.3, -0.25) is 4.79 Å². The van der Waals surface area contributed by atoms with Crippen LogP contribution in [0.5, 0.6) is 0 Å². The van der Waals surface area contributed by atoms with Gasteiger partial charge >= 0.3 is 0 Å². The first-order chi connectivity index (χ1) is 8.83. The largest absolute Gasteiger partial charge is 0.378 e. The zero-order chi connectivity index (χ0) is 14.5. The highest BCUT2D eigenvalue weighted by Gasteiger charge is 2.36. The van der Waals surface area contributed by atoms with Crippen LogP contribution in [-0.4, -0.2) is 30.2 Å². The molecule has 0 spiro atoms. The maximum absolute atomic E-state index is 11.6. The van der Waals surface area contributed by atoms with Crippen molar-refractivity contribution in [2.45, 2.75) is 77.5 Å². The van der Waals surface area contributed by atoms with Crippen molar-refractivity contribution in [3.05, 3.63) is 0 Å². The van der Waals surface area contributed by atoms with E-state index in [1.54, 1.807) is 0 Å². The average Bonchev–Trinajstić information content (AvgIpc) is 3.07. The molecule has 0 aromatic carbocycles. The number of nitrogens with one attached hydrogen (secondary N) is 1. The van der Waals surface area contributed by atoms with E-state index in [9.17, 15) is 4.79 Å². The summed E-state index contributed by atoms with van der Waals surface area (Å²) >= 11 is 0. The summed E-state index contributed by atoms with van der Waals surface area (Å²) in [7, 11) is 0. The van der Waals surface area contributed by atoms with Gasteiger partial charge in [0.15, 0.2) is 0 Å². The molecule has 1 fully saturated rings. The fraction of sp³-hybridized carbons (Fsp3) is 0.933. The summed E-state index contributed by atoms with van der Waals surface area (Å²) in [4.78, 5) is 11.6.